The minimum atomic E-state index is 0.0369. The summed E-state index contributed by atoms with van der Waals surface area (Å²) in [5, 5.41) is 7.56. The lowest BCUT2D eigenvalue weighted by Gasteiger charge is -2.37. The number of hydrogen-bond acceptors (Lipinski definition) is 4. The number of para-hydroxylation sites is 1. The van der Waals surface area contributed by atoms with E-state index in [0.29, 0.717) is 6.42 Å². The first-order valence-electron chi connectivity index (χ1n) is 7.94. The zero-order valence-electron chi connectivity index (χ0n) is 13.3. The molecule has 2 aromatic rings. The first kappa shape index (κ1) is 16.0. The van der Waals surface area contributed by atoms with Crippen LogP contribution < -0.4 is 10.1 Å². The summed E-state index contributed by atoms with van der Waals surface area (Å²) in [6.07, 6.45) is 1.37. The number of aryl methyl sites for hydroxylation is 1. The van der Waals surface area contributed by atoms with Gasteiger partial charge >= 0.3 is 0 Å². The van der Waals surface area contributed by atoms with Gasteiger partial charge in [0.25, 0.3) is 0 Å². The zero-order valence-corrected chi connectivity index (χ0v) is 14.1. The van der Waals surface area contributed by atoms with E-state index in [4.69, 9.17) is 4.74 Å². The minimum Gasteiger partial charge on any atom is -0.496 e. The molecule has 1 amide bonds. The molecular weight excluding hydrogens is 308 g/mol. The molecule has 3 rings (SSSR count). The van der Waals surface area contributed by atoms with E-state index in [9.17, 15) is 4.79 Å². The number of rotatable bonds is 5. The van der Waals surface area contributed by atoms with Gasteiger partial charge in [-0.15, -0.1) is 0 Å². The van der Waals surface area contributed by atoms with Crippen LogP contribution in [0.15, 0.2) is 41.1 Å². The third-order valence-corrected chi connectivity index (χ3v) is 5.00. The highest BCUT2D eigenvalue weighted by Crippen LogP contribution is 2.30. The predicted octanol–water partition coefficient (Wildman–Crippen LogP) is 2.86. The highest BCUT2D eigenvalue weighted by atomic mass is 32.1. The lowest BCUT2D eigenvalue weighted by molar-refractivity contribution is -0.134. The molecule has 1 aliphatic rings. The van der Waals surface area contributed by atoms with E-state index in [1.165, 1.54) is 5.56 Å². The molecular formula is C18H22N2O2S. The molecule has 1 aromatic heterocycles. The van der Waals surface area contributed by atoms with Crippen LogP contribution in [-0.2, 0) is 11.2 Å². The van der Waals surface area contributed by atoms with Crippen molar-refractivity contribution in [3.63, 3.8) is 0 Å². The second-order valence-corrected chi connectivity index (χ2v) is 6.46. The van der Waals surface area contributed by atoms with Gasteiger partial charge in [0.2, 0.25) is 5.91 Å². The second kappa shape index (κ2) is 7.62. The normalized spacial score (nSPS) is 18.0. The fourth-order valence-corrected chi connectivity index (χ4v) is 3.76. The monoisotopic (exact) mass is 330 g/mol. The van der Waals surface area contributed by atoms with Crippen LogP contribution in [0.1, 0.15) is 23.6 Å². The predicted molar refractivity (Wildman–Crippen MR) is 93.0 cm³/mol. The van der Waals surface area contributed by atoms with Gasteiger partial charge in [0, 0.05) is 31.6 Å². The number of hydrogen-bond donors (Lipinski definition) is 1. The van der Waals surface area contributed by atoms with Gasteiger partial charge in [-0.05, 0) is 34.9 Å². The van der Waals surface area contributed by atoms with E-state index in [0.717, 1.165) is 37.4 Å². The molecule has 1 fully saturated rings. The van der Waals surface area contributed by atoms with Crippen LogP contribution >= 0.6 is 11.3 Å². The second-order valence-electron chi connectivity index (χ2n) is 5.68. The molecule has 122 valence electrons. The maximum Gasteiger partial charge on any atom is 0.223 e. The molecule has 0 aliphatic carbocycles. The summed E-state index contributed by atoms with van der Waals surface area (Å²) in [6.45, 7) is 2.35. The van der Waals surface area contributed by atoms with Crippen molar-refractivity contribution in [2.24, 2.45) is 0 Å². The van der Waals surface area contributed by atoms with E-state index < -0.39 is 0 Å². The lowest BCUT2D eigenvalue weighted by atomic mass is 10.0. The Bertz CT molecular complexity index is 642. The van der Waals surface area contributed by atoms with Gasteiger partial charge in [0.1, 0.15) is 5.75 Å². The van der Waals surface area contributed by atoms with Crippen LogP contribution in [0.2, 0.25) is 0 Å². The molecule has 1 aliphatic heterocycles. The molecule has 0 saturated carbocycles. The van der Waals surface area contributed by atoms with Gasteiger partial charge in [-0.25, -0.2) is 0 Å². The summed E-state index contributed by atoms with van der Waals surface area (Å²) < 4.78 is 5.48. The first-order chi connectivity index (χ1) is 11.3. The quantitative estimate of drug-likeness (QED) is 0.916. The minimum absolute atomic E-state index is 0.0369. The summed E-state index contributed by atoms with van der Waals surface area (Å²) in [6, 6.07) is 10.1. The van der Waals surface area contributed by atoms with Crippen molar-refractivity contribution < 1.29 is 9.53 Å². The van der Waals surface area contributed by atoms with Gasteiger partial charge in [0.15, 0.2) is 0 Å². The third-order valence-electron chi connectivity index (χ3n) is 4.27. The molecule has 1 aromatic carbocycles. The summed E-state index contributed by atoms with van der Waals surface area (Å²) in [7, 11) is 1.68. The highest BCUT2D eigenvalue weighted by Gasteiger charge is 2.29. The number of carbonyl (C=O) groups excluding carboxylic acids is 1. The maximum absolute atomic E-state index is 12.7. The first-order valence-corrected chi connectivity index (χ1v) is 8.88. The number of amides is 1. The summed E-state index contributed by atoms with van der Waals surface area (Å²) in [5.74, 6) is 1.06. The third kappa shape index (κ3) is 3.74. The Kier molecular flexibility index (Phi) is 5.31. The molecule has 0 radical (unpaired) electrons. The molecule has 1 unspecified atom stereocenters. The zero-order chi connectivity index (χ0) is 16.1. The molecule has 5 heteroatoms. The smallest absolute Gasteiger partial charge is 0.223 e. The summed E-state index contributed by atoms with van der Waals surface area (Å²) >= 11 is 1.68. The largest absolute Gasteiger partial charge is 0.496 e. The SMILES string of the molecule is COc1ccccc1C1CNCCN1C(=O)CCc1ccsc1. The number of methoxy groups -OCH3 is 1. The van der Waals surface area contributed by atoms with Gasteiger partial charge in [0.05, 0.1) is 13.2 Å². The van der Waals surface area contributed by atoms with Crippen molar-refractivity contribution >= 4 is 17.2 Å². The number of thiophene rings is 1. The Morgan fingerprint density at radius 3 is 3.04 bits per heavy atom. The highest BCUT2D eigenvalue weighted by molar-refractivity contribution is 7.07. The Balaban J connectivity index is 1.74. The number of piperazine rings is 1. The van der Waals surface area contributed by atoms with Crippen molar-refractivity contribution in [2.75, 3.05) is 26.7 Å². The van der Waals surface area contributed by atoms with Gasteiger partial charge in [-0.1, -0.05) is 18.2 Å². The van der Waals surface area contributed by atoms with Crippen LogP contribution in [-0.4, -0.2) is 37.6 Å². The number of carbonyl (C=O) groups is 1. The van der Waals surface area contributed by atoms with Crippen LogP contribution in [0.25, 0.3) is 0 Å². The van der Waals surface area contributed by atoms with Crippen molar-refractivity contribution in [1.29, 1.82) is 0 Å². The summed E-state index contributed by atoms with van der Waals surface area (Å²) in [4.78, 5) is 14.7. The molecule has 23 heavy (non-hydrogen) atoms. The number of nitrogens with zero attached hydrogens (tertiary/aromatic N) is 1. The van der Waals surface area contributed by atoms with Crippen molar-refractivity contribution in [1.82, 2.24) is 10.2 Å². The van der Waals surface area contributed by atoms with Crippen LogP contribution in [0.5, 0.6) is 5.75 Å². The number of ether oxygens (including phenoxy) is 1. The van der Waals surface area contributed by atoms with Crippen LogP contribution in [0.3, 0.4) is 0 Å². The topological polar surface area (TPSA) is 41.6 Å². The Morgan fingerprint density at radius 1 is 1.39 bits per heavy atom. The molecule has 1 saturated heterocycles. The fourth-order valence-electron chi connectivity index (χ4n) is 3.05. The van der Waals surface area contributed by atoms with E-state index >= 15 is 0 Å². The average molecular weight is 330 g/mol. The average Bonchev–Trinajstić information content (AvgIpc) is 3.13. The van der Waals surface area contributed by atoms with E-state index in [1.807, 2.05) is 23.1 Å². The van der Waals surface area contributed by atoms with Crippen molar-refractivity contribution in [3.8, 4) is 5.75 Å². The van der Waals surface area contributed by atoms with Crippen molar-refractivity contribution in [2.45, 2.75) is 18.9 Å². The van der Waals surface area contributed by atoms with Gasteiger partial charge < -0.3 is 15.0 Å². The molecule has 2 heterocycles. The fraction of sp³-hybridized carbons (Fsp3) is 0.389. The molecule has 1 N–H and O–H groups in total. The standard InChI is InChI=1S/C18H22N2O2S/c1-22-17-5-3-2-4-15(17)16-12-19-9-10-20(16)18(21)7-6-14-8-11-23-13-14/h2-5,8,11,13,16,19H,6-7,9-10,12H2,1H3. The van der Waals surface area contributed by atoms with E-state index in [-0.39, 0.29) is 11.9 Å². The summed E-state index contributed by atoms with van der Waals surface area (Å²) in [5.41, 5.74) is 2.32. The lowest BCUT2D eigenvalue weighted by Crippen LogP contribution is -2.48. The Hall–Kier alpha value is -1.85. The van der Waals surface area contributed by atoms with Gasteiger partial charge in [-0.3, -0.25) is 4.79 Å². The van der Waals surface area contributed by atoms with E-state index in [1.54, 1.807) is 18.4 Å². The van der Waals surface area contributed by atoms with Crippen molar-refractivity contribution in [3.05, 3.63) is 52.2 Å². The Morgan fingerprint density at radius 2 is 2.26 bits per heavy atom. The van der Waals surface area contributed by atoms with E-state index in [2.05, 4.69) is 28.2 Å². The Labute approximate surface area is 141 Å². The number of nitrogens with one attached hydrogen (secondary N) is 1. The van der Waals surface area contributed by atoms with Crippen LogP contribution in [0.4, 0.5) is 0 Å². The molecule has 0 spiro atoms. The maximum atomic E-state index is 12.7. The van der Waals surface area contributed by atoms with Gasteiger partial charge in [-0.2, -0.15) is 11.3 Å². The number of benzene rings is 1. The molecule has 4 nitrogen and oxygen atoms in total. The molecule has 0 bridgehead atoms. The molecule has 1 atom stereocenters. The van der Waals surface area contributed by atoms with Crippen LogP contribution in [0, 0.1) is 0 Å².